The van der Waals surface area contributed by atoms with E-state index in [0.29, 0.717) is 19.0 Å². The standard InChI is InChI=1S/C20H24N6O/c1-25-17-8-3-2-7-16(17)24-18(25)9-12-21-19(27)15-6-4-13-26(14-15)20-22-10-5-11-23-20/h2-3,5,7-8,10-11,15H,4,6,9,12-14H2,1H3,(H,21,27). The number of aryl methyl sites for hydroxylation is 1. The van der Waals surface area contributed by atoms with E-state index in [2.05, 4.69) is 35.8 Å². The van der Waals surface area contributed by atoms with Crippen molar-refractivity contribution < 1.29 is 4.79 Å². The third kappa shape index (κ3) is 3.77. The molecule has 27 heavy (non-hydrogen) atoms. The zero-order valence-electron chi connectivity index (χ0n) is 15.5. The van der Waals surface area contributed by atoms with Crippen molar-refractivity contribution in [2.75, 3.05) is 24.5 Å². The number of para-hydroxylation sites is 2. The Morgan fingerprint density at radius 3 is 2.85 bits per heavy atom. The quantitative estimate of drug-likeness (QED) is 0.749. The van der Waals surface area contributed by atoms with Crippen molar-refractivity contribution in [1.29, 1.82) is 0 Å². The largest absolute Gasteiger partial charge is 0.355 e. The van der Waals surface area contributed by atoms with Crippen LogP contribution in [0.3, 0.4) is 0 Å². The molecule has 0 radical (unpaired) electrons. The van der Waals surface area contributed by atoms with Gasteiger partial charge in [-0.15, -0.1) is 0 Å². The molecule has 0 spiro atoms. The van der Waals surface area contributed by atoms with E-state index >= 15 is 0 Å². The number of piperidine rings is 1. The molecule has 0 saturated carbocycles. The lowest BCUT2D eigenvalue weighted by molar-refractivity contribution is -0.125. The number of aromatic nitrogens is 4. The molecule has 1 fully saturated rings. The van der Waals surface area contributed by atoms with Crippen LogP contribution in [0.15, 0.2) is 42.7 Å². The van der Waals surface area contributed by atoms with Crippen molar-refractivity contribution in [2.45, 2.75) is 19.3 Å². The van der Waals surface area contributed by atoms with Gasteiger partial charge in [-0.2, -0.15) is 0 Å². The molecule has 3 aromatic rings. The first-order valence-electron chi connectivity index (χ1n) is 9.42. The van der Waals surface area contributed by atoms with Gasteiger partial charge in [-0.25, -0.2) is 15.0 Å². The van der Waals surface area contributed by atoms with Crippen molar-refractivity contribution in [2.24, 2.45) is 13.0 Å². The second-order valence-electron chi connectivity index (χ2n) is 6.95. The van der Waals surface area contributed by atoms with Crippen molar-refractivity contribution in [1.82, 2.24) is 24.8 Å². The molecule has 1 unspecified atom stereocenters. The lowest BCUT2D eigenvalue weighted by Crippen LogP contribution is -2.44. The molecular formula is C20H24N6O. The molecule has 1 atom stereocenters. The Morgan fingerprint density at radius 1 is 1.22 bits per heavy atom. The SMILES string of the molecule is Cn1c(CCNC(=O)C2CCCN(c3ncccn3)C2)nc2ccccc21. The Kier molecular flexibility index (Phi) is 5.00. The minimum Gasteiger partial charge on any atom is -0.355 e. The normalized spacial score (nSPS) is 17.2. The van der Waals surface area contributed by atoms with E-state index in [0.717, 1.165) is 42.7 Å². The second kappa shape index (κ2) is 7.73. The number of nitrogens with one attached hydrogen (secondary N) is 1. The molecule has 1 amide bonds. The van der Waals surface area contributed by atoms with Gasteiger partial charge in [0.15, 0.2) is 0 Å². The van der Waals surface area contributed by atoms with Crippen LogP contribution in [0.5, 0.6) is 0 Å². The van der Waals surface area contributed by atoms with Crippen LogP contribution in [-0.2, 0) is 18.3 Å². The summed E-state index contributed by atoms with van der Waals surface area (Å²) < 4.78 is 2.09. The number of carbonyl (C=O) groups is 1. The van der Waals surface area contributed by atoms with Crippen LogP contribution in [-0.4, -0.2) is 45.1 Å². The van der Waals surface area contributed by atoms with Crippen molar-refractivity contribution in [3.63, 3.8) is 0 Å². The maximum atomic E-state index is 12.6. The van der Waals surface area contributed by atoms with E-state index in [9.17, 15) is 4.79 Å². The van der Waals surface area contributed by atoms with Gasteiger partial charge < -0.3 is 14.8 Å². The number of fused-ring (bicyclic) bond motifs is 1. The van der Waals surface area contributed by atoms with Crippen LogP contribution in [0.4, 0.5) is 5.95 Å². The average molecular weight is 364 g/mol. The summed E-state index contributed by atoms with van der Waals surface area (Å²) in [6, 6.07) is 9.89. The first kappa shape index (κ1) is 17.5. The fraction of sp³-hybridized carbons (Fsp3) is 0.400. The summed E-state index contributed by atoms with van der Waals surface area (Å²) >= 11 is 0. The molecule has 1 saturated heterocycles. The van der Waals surface area contributed by atoms with Gasteiger partial charge >= 0.3 is 0 Å². The molecule has 3 heterocycles. The van der Waals surface area contributed by atoms with Crippen LogP contribution < -0.4 is 10.2 Å². The molecule has 1 N–H and O–H groups in total. The third-order valence-corrected chi connectivity index (χ3v) is 5.15. The molecule has 0 bridgehead atoms. The first-order valence-corrected chi connectivity index (χ1v) is 9.42. The van der Waals surface area contributed by atoms with E-state index in [4.69, 9.17) is 0 Å². The fourth-order valence-corrected chi connectivity index (χ4v) is 3.69. The lowest BCUT2D eigenvalue weighted by Gasteiger charge is -2.31. The molecule has 1 aromatic carbocycles. The van der Waals surface area contributed by atoms with Gasteiger partial charge in [-0.1, -0.05) is 12.1 Å². The summed E-state index contributed by atoms with van der Waals surface area (Å²) in [5.41, 5.74) is 2.11. The van der Waals surface area contributed by atoms with Gasteiger partial charge in [0.25, 0.3) is 0 Å². The summed E-state index contributed by atoms with van der Waals surface area (Å²) in [7, 11) is 2.02. The number of hydrogen-bond acceptors (Lipinski definition) is 5. The van der Waals surface area contributed by atoms with Gasteiger partial charge in [-0.05, 0) is 31.0 Å². The van der Waals surface area contributed by atoms with Gasteiger partial charge in [-0.3, -0.25) is 4.79 Å². The third-order valence-electron chi connectivity index (χ3n) is 5.15. The Morgan fingerprint density at radius 2 is 2.04 bits per heavy atom. The van der Waals surface area contributed by atoms with Crippen LogP contribution in [0.25, 0.3) is 11.0 Å². The highest BCUT2D eigenvalue weighted by Crippen LogP contribution is 2.20. The lowest BCUT2D eigenvalue weighted by atomic mass is 9.97. The Balaban J connectivity index is 1.33. The highest BCUT2D eigenvalue weighted by atomic mass is 16.1. The maximum Gasteiger partial charge on any atom is 0.225 e. The Bertz CT molecular complexity index is 923. The predicted octanol–water partition coefficient (Wildman–Crippen LogP) is 1.94. The number of rotatable bonds is 5. The fourth-order valence-electron chi connectivity index (χ4n) is 3.69. The predicted molar refractivity (Wildman–Crippen MR) is 104 cm³/mol. The number of benzene rings is 1. The number of anilines is 1. The minimum absolute atomic E-state index is 0.0250. The number of nitrogens with zero attached hydrogens (tertiary/aromatic N) is 5. The second-order valence-corrected chi connectivity index (χ2v) is 6.95. The van der Waals surface area contributed by atoms with Gasteiger partial charge in [0.1, 0.15) is 5.82 Å². The highest BCUT2D eigenvalue weighted by Gasteiger charge is 2.26. The van der Waals surface area contributed by atoms with E-state index in [1.54, 1.807) is 18.5 Å². The van der Waals surface area contributed by atoms with Gasteiger partial charge in [0.05, 0.1) is 17.0 Å². The monoisotopic (exact) mass is 364 g/mol. The summed E-state index contributed by atoms with van der Waals surface area (Å²) in [6.07, 6.45) is 6.07. The van der Waals surface area contributed by atoms with Crippen molar-refractivity contribution in [3.8, 4) is 0 Å². The van der Waals surface area contributed by atoms with Crippen molar-refractivity contribution in [3.05, 3.63) is 48.5 Å². The molecule has 7 nitrogen and oxygen atoms in total. The van der Waals surface area contributed by atoms with Crippen LogP contribution in [0, 0.1) is 5.92 Å². The summed E-state index contributed by atoms with van der Waals surface area (Å²) in [5, 5.41) is 3.08. The summed E-state index contributed by atoms with van der Waals surface area (Å²) in [5.74, 6) is 1.77. The summed E-state index contributed by atoms with van der Waals surface area (Å²) in [4.78, 5) is 28.0. The number of imidazole rings is 1. The molecule has 0 aliphatic carbocycles. The van der Waals surface area contributed by atoms with Crippen molar-refractivity contribution >= 4 is 22.9 Å². The highest BCUT2D eigenvalue weighted by molar-refractivity contribution is 5.79. The molecule has 4 rings (SSSR count). The number of hydrogen-bond donors (Lipinski definition) is 1. The van der Waals surface area contributed by atoms with E-state index in [1.807, 2.05) is 25.2 Å². The Labute approximate surface area is 158 Å². The molecule has 1 aliphatic heterocycles. The van der Waals surface area contributed by atoms with Gasteiger partial charge in [0, 0.05) is 45.5 Å². The molecule has 7 heteroatoms. The molecule has 1 aliphatic rings. The zero-order chi connectivity index (χ0) is 18.6. The zero-order valence-corrected chi connectivity index (χ0v) is 15.5. The van der Waals surface area contributed by atoms with Gasteiger partial charge in [0.2, 0.25) is 11.9 Å². The maximum absolute atomic E-state index is 12.6. The van der Waals surface area contributed by atoms with Crippen LogP contribution in [0.2, 0.25) is 0 Å². The summed E-state index contributed by atoms with van der Waals surface area (Å²) in [6.45, 7) is 2.16. The van der Waals surface area contributed by atoms with Crippen LogP contribution >= 0.6 is 0 Å². The Hall–Kier alpha value is -2.96. The van der Waals surface area contributed by atoms with E-state index in [-0.39, 0.29) is 11.8 Å². The first-order chi connectivity index (χ1) is 13.2. The number of carbonyl (C=O) groups excluding carboxylic acids is 1. The smallest absolute Gasteiger partial charge is 0.225 e. The number of amides is 1. The molecular weight excluding hydrogens is 340 g/mol. The topological polar surface area (TPSA) is 75.9 Å². The molecule has 2 aromatic heterocycles. The minimum atomic E-state index is -0.0250. The van der Waals surface area contributed by atoms with E-state index < -0.39 is 0 Å². The van der Waals surface area contributed by atoms with Crippen LogP contribution in [0.1, 0.15) is 18.7 Å². The van der Waals surface area contributed by atoms with E-state index in [1.165, 1.54) is 0 Å². The average Bonchev–Trinajstić information content (AvgIpc) is 3.05. The molecule has 140 valence electrons.